The number of rotatable bonds is 11. The van der Waals surface area contributed by atoms with Crippen molar-refractivity contribution in [3.8, 4) is 22.1 Å². The normalized spacial score (nSPS) is 12.0. The molecular formula is C30H37FN4O4S. The first-order valence-corrected chi connectivity index (χ1v) is 13.7. The Labute approximate surface area is 239 Å². The van der Waals surface area contributed by atoms with Crippen molar-refractivity contribution in [1.29, 1.82) is 0 Å². The lowest BCUT2D eigenvalue weighted by molar-refractivity contribution is 0.102. The first kappa shape index (κ1) is 32.3. The fourth-order valence-electron chi connectivity index (χ4n) is 3.67. The van der Waals surface area contributed by atoms with Crippen molar-refractivity contribution in [2.24, 2.45) is 0 Å². The summed E-state index contributed by atoms with van der Waals surface area (Å²) in [6.07, 6.45) is 9.53. The number of hydrogen-bond donors (Lipinski definition) is 2. The Kier molecular flexibility index (Phi) is 13.1. The quantitative estimate of drug-likeness (QED) is 0.241. The van der Waals surface area contributed by atoms with Gasteiger partial charge in [-0.3, -0.25) is 15.1 Å². The fourth-order valence-corrected chi connectivity index (χ4v) is 4.26. The molecule has 2 aromatic heterocycles. The number of carbonyl (C=O) groups is 1. The maximum absolute atomic E-state index is 14.8. The summed E-state index contributed by atoms with van der Waals surface area (Å²) < 4.78 is 26.1. The molecular weight excluding hydrogens is 531 g/mol. The van der Waals surface area contributed by atoms with Crippen molar-refractivity contribution in [3.63, 3.8) is 0 Å². The van der Waals surface area contributed by atoms with Gasteiger partial charge in [-0.1, -0.05) is 54.4 Å². The van der Waals surface area contributed by atoms with Crippen LogP contribution in [0.4, 0.5) is 9.52 Å². The molecule has 0 saturated heterocycles. The number of halogens is 1. The summed E-state index contributed by atoms with van der Waals surface area (Å²) in [5.41, 5.74) is 4.90. The molecule has 0 fully saturated rings. The summed E-state index contributed by atoms with van der Waals surface area (Å²) in [7, 11) is 2.45. The van der Waals surface area contributed by atoms with E-state index < -0.39 is 11.7 Å². The number of aromatic nitrogens is 3. The Bertz CT molecular complexity index is 1380. The Morgan fingerprint density at radius 1 is 1.18 bits per heavy atom. The number of aliphatic hydroxyl groups is 1. The van der Waals surface area contributed by atoms with E-state index in [0.29, 0.717) is 28.8 Å². The molecule has 10 heteroatoms. The number of benzene rings is 1. The number of hydrogen-bond acceptors (Lipinski definition) is 8. The van der Waals surface area contributed by atoms with Gasteiger partial charge in [0.05, 0.1) is 18.2 Å². The summed E-state index contributed by atoms with van der Waals surface area (Å²) in [5, 5.41) is 18.4. The molecule has 0 spiro atoms. The van der Waals surface area contributed by atoms with Crippen LogP contribution in [0.5, 0.6) is 10.9 Å². The van der Waals surface area contributed by atoms with Gasteiger partial charge in [0, 0.05) is 24.6 Å². The summed E-state index contributed by atoms with van der Waals surface area (Å²) in [5.74, 6) is -0.683. The number of anilines is 1. The number of nitrogens with one attached hydrogen (secondary N) is 1. The van der Waals surface area contributed by atoms with Gasteiger partial charge in [-0.05, 0) is 68.7 Å². The third-order valence-corrected chi connectivity index (χ3v) is 6.84. The first-order valence-electron chi connectivity index (χ1n) is 12.8. The predicted octanol–water partition coefficient (Wildman–Crippen LogP) is 6.93. The van der Waals surface area contributed by atoms with Crippen molar-refractivity contribution in [2.75, 3.05) is 26.1 Å². The molecule has 2 N–H and O–H groups in total. The molecule has 8 nitrogen and oxygen atoms in total. The average Bonchev–Trinajstić information content (AvgIpc) is 3.42. The molecule has 3 aromatic rings. The van der Waals surface area contributed by atoms with E-state index in [0.717, 1.165) is 36.9 Å². The van der Waals surface area contributed by atoms with Gasteiger partial charge in [0.15, 0.2) is 0 Å². The van der Waals surface area contributed by atoms with Gasteiger partial charge in [0.1, 0.15) is 18.2 Å². The summed E-state index contributed by atoms with van der Waals surface area (Å²) in [4.78, 5) is 17.4. The lowest BCUT2D eigenvalue weighted by atomic mass is 9.98. The minimum absolute atomic E-state index is 0.182. The third kappa shape index (κ3) is 8.56. The highest BCUT2D eigenvalue weighted by Gasteiger charge is 2.21. The van der Waals surface area contributed by atoms with Gasteiger partial charge in [0.25, 0.3) is 11.1 Å². The van der Waals surface area contributed by atoms with Crippen LogP contribution in [-0.4, -0.2) is 47.0 Å². The highest BCUT2D eigenvalue weighted by molar-refractivity contribution is 7.17. The molecule has 0 bridgehead atoms. The molecule has 1 aromatic carbocycles. The lowest BCUT2D eigenvalue weighted by Crippen LogP contribution is -2.14. The van der Waals surface area contributed by atoms with E-state index in [4.69, 9.17) is 14.6 Å². The van der Waals surface area contributed by atoms with Crippen LogP contribution in [0.15, 0.2) is 65.4 Å². The number of aryl methyl sites for hydroxylation is 1. The monoisotopic (exact) mass is 568 g/mol. The number of allylic oxidation sites excluding steroid dienone is 4. The topological polar surface area (TPSA) is 106 Å². The lowest BCUT2D eigenvalue weighted by Gasteiger charge is -2.14. The minimum Gasteiger partial charge on any atom is -0.496 e. The van der Waals surface area contributed by atoms with Gasteiger partial charge >= 0.3 is 0 Å². The maximum atomic E-state index is 14.8. The number of carbonyl (C=O) groups excluding carboxylic acids is 1. The zero-order valence-electron chi connectivity index (χ0n) is 24.0. The second-order valence-corrected chi connectivity index (χ2v) is 9.45. The zero-order valence-corrected chi connectivity index (χ0v) is 24.9. The average molecular weight is 569 g/mol. The van der Waals surface area contributed by atoms with E-state index in [1.165, 1.54) is 30.5 Å². The molecule has 0 unspecified atom stereocenters. The molecule has 0 atom stereocenters. The summed E-state index contributed by atoms with van der Waals surface area (Å²) >= 11 is 1.11. The van der Waals surface area contributed by atoms with Crippen LogP contribution in [0.2, 0.25) is 0 Å². The van der Waals surface area contributed by atoms with Crippen LogP contribution in [-0.2, 0) is 0 Å². The second kappa shape index (κ2) is 16.3. The SMILES string of the molecule is C/C=C(\C=C/C(COc1nnc(NC(=O)c2cnc(C)cc2-c2c(F)cccc2OC)s1)=C(C)CC)CC.CO. The maximum Gasteiger partial charge on any atom is 0.296 e. The first-order chi connectivity index (χ1) is 19.3. The molecule has 0 aliphatic rings. The smallest absolute Gasteiger partial charge is 0.296 e. The third-order valence-electron chi connectivity index (χ3n) is 6.08. The van der Waals surface area contributed by atoms with Crippen molar-refractivity contribution >= 4 is 22.4 Å². The second-order valence-electron chi connectivity index (χ2n) is 8.51. The highest BCUT2D eigenvalue weighted by Crippen LogP contribution is 2.35. The van der Waals surface area contributed by atoms with Crippen molar-refractivity contribution < 1.29 is 23.8 Å². The molecule has 40 heavy (non-hydrogen) atoms. The molecule has 0 saturated carbocycles. The van der Waals surface area contributed by atoms with E-state index in [1.54, 1.807) is 25.1 Å². The van der Waals surface area contributed by atoms with Crippen LogP contribution < -0.4 is 14.8 Å². The molecule has 1 amide bonds. The largest absolute Gasteiger partial charge is 0.496 e. The Morgan fingerprint density at radius 3 is 2.58 bits per heavy atom. The number of amides is 1. The molecule has 214 valence electrons. The van der Waals surface area contributed by atoms with E-state index >= 15 is 0 Å². The van der Waals surface area contributed by atoms with E-state index in [1.807, 2.05) is 6.92 Å². The van der Waals surface area contributed by atoms with Gasteiger partial charge in [-0.25, -0.2) is 4.39 Å². The summed E-state index contributed by atoms with van der Waals surface area (Å²) in [6, 6.07) is 6.17. The number of methoxy groups -OCH3 is 1. The molecule has 0 radical (unpaired) electrons. The van der Waals surface area contributed by atoms with Crippen LogP contribution in [0.3, 0.4) is 0 Å². The number of nitrogens with zero attached hydrogens (tertiary/aromatic N) is 3. The fraction of sp³-hybridized carbons (Fsp3) is 0.333. The van der Waals surface area contributed by atoms with Gasteiger partial charge < -0.3 is 14.6 Å². The summed E-state index contributed by atoms with van der Waals surface area (Å²) in [6.45, 7) is 10.4. The van der Waals surface area contributed by atoms with Crippen LogP contribution in [0.25, 0.3) is 11.1 Å². The van der Waals surface area contributed by atoms with Crippen LogP contribution in [0, 0.1) is 12.7 Å². The Balaban J connectivity index is 0.00000274. The number of aliphatic hydroxyl groups excluding tert-OH is 1. The minimum atomic E-state index is -0.503. The standard InChI is InChI=1S/C29H33FN4O3S.CH4O/c1-7-18(4)21(14-13-20(8-2)9-3)17-37-29-34-33-28(38-29)32-27(35)23-16-31-19(5)15-22(23)26-24(30)11-10-12-25(26)36-6;1-2/h8,10-16H,7,9,17H2,1-6H3,(H,32,33,35);2H,1H3/b14-13-,20-8-,21-18?;. The van der Waals surface area contributed by atoms with Gasteiger partial charge in [0.2, 0.25) is 5.13 Å². The van der Waals surface area contributed by atoms with Crippen LogP contribution in [0.1, 0.15) is 56.6 Å². The Hall–Kier alpha value is -3.89. The Morgan fingerprint density at radius 2 is 1.93 bits per heavy atom. The molecule has 3 rings (SSSR count). The van der Waals surface area contributed by atoms with Crippen molar-refractivity contribution in [1.82, 2.24) is 15.2 Å². The highest BCUT2D eigenvalue weighted by atomic mass is 32.1. The zero-order chi connectivity index (χ0) is 29.7. The van der Waals surface area contributed by atoms with Crippen molar-refractivity contribution in [3.05, 3.63) is 82.5 Å². The number of ether oxygens (including phenoxy) is 2. The molecule has 2 heterocycles. The van der Waals surface area contributed by atoms with Crippen LogP contribution >= 0.6 is 11.3 Å². The van der Waals surface area contributed by atoms with E-state index in [2.05, 4.69) is 59.5 Å². The van der Waals surface area contributed by atoms with Gasteiger partial charge in [-0.15, -0.1) is 5.10 Å². The number of pyridine rings is 1. The van der Waals surface area contributed by atoms with Crippen molar-refractivity contribution in [2.45, 2.75) is 47.5 Å². The van der Waals surface area contributed by atoms with E-state index in [-0.39, 0.29) is 16.3 Å². The van der Waals surface area contributed by atoms with E-state index in [9.17, 15) is 9.18 Å². The molecule has 0 aliphatic heterocycles. The predicted molar refractivity (Wildman–Crippen MR) is 159 cm³/mol. The van der Waals surface area contributed by atoms with Gasteiger partial charge in [-0.2, -0.15) is 0 Å². The molecule has 0 aliphatic carbocycles.